The molecular formula is C8H14O4. The minimum Gasteiger partial charge on any atom is -0.481 e. The molecule has 0 fully saturated rings. The number of carboxylic acids is 2. The van der Waals surface area contributed by atoms with Crippen molar-refractivity contribution in [2.24, 2.45) is 0 Å². The summed E-state index contributed by atoms with van der Waals surface area (Å²) in [6, 6.07) is 0. The van der Waals surface area contributed by atoms with Crippen molar-refractivity contribution in [1.82, 2.24) is 0 Å². The Kier molecular flexibility index (Phi) is 10.7. The maximum atomic E-state index is 9.79. The first-order valence-electron chi connectivity index (χ1n) is 3.59. The Bertz CT molecular complexity index is 156. The van der Waals surface area contributed by atoms with E-state index >= 15 is 0 Å². The van der Waals surface area contributed by atoms with Crippen LogP contribution in [0, 0.1) is 0 Å². The third-order valence-corrected chi connectivity index (χ3v) is 0.716. The van der Waals surface area contributed by atoms with Gasteiger partial charge in [0.25, 0.3) is 5.97 Å². The summed E-state index contributed by atoms with van der Waals surface area (Å²) in [6.45, 7) is 3.09. The van der Waals surface area contributed by atoms with E-state index in [4.69, 9.17) is 15.0 Å². The number of carboxylic acid groups (broad SMARTS) is 2. The zero-order valence-electron chi connectivity index (χ0n) is 7.28. The maximum Gasteiger partial charge on any atom is 0.327 e. The molecule has 0 aromatic rings. The minimum atomic E-state index is -0.863. The lowest BCUT2D eigenvalue weighted by atomic mass is 10.3. The number of allylic oxidation sites excluding steroid dienone is 1. The number of carbonyl (C=O) groups is 2. The fourth-order valence-electron chi connectivity index (χ4n) is 0.351. The summed E-state index contributed by atoms with van der Waals surface area (Å²) in [4.78, 5) is 18.8. The van der Waals surface area contributed by atoms with Crippen LogP contribution in [-0.4, -0.2) is 22.2 Å². The third-order valence-electron chi connectivity index (χ3n) is 0.716. The summed E-state index contributed by atoms with van der Waals surface area (Å²) in [7, 11) is 0. The zero-order valence-corrected chi connectivity index (χ0v) is 7.28. The van der Waals surface area contributed by atoms with Gasteiger partial charge in [0.05, 0.1) is 0 Å². The maximum absolute atomic E-state index is 9.79. The predicted molar refractivity (Wildman–Crippen MR) is 45.0 cm³/mol. The fraction of sp³-hybridized carbons (Fsp3) is 0.500. The van der Waals surface area contributed by atoms with Crippen LogP contribution < -0.4 is 0 Å². The quantitative estimate of drug-likeness (QED) is 0.636. The van der Waals surface area contributed by atoms with Crippen LogP contribution in [0.3, 0.4) is 0 Å². The Labute approximate surface area is 71.5 Å². The summed E-state index contributed by atoms with van der Waals surface area (Å²) < 4.78 is 0. The monoisotopic (exact) mass is 174 g/mol. The highest BCUT2D eigenvalue weighted by atomic mass is 16.4. The first-order valence-corrected chi connectivity index (χ1v) is 3.59. The van der Waals surface area contributed by atoms with Gasteiger partial charge in [-0.05, 0) is 6.42 Å². The second kappa shape index (κ2) is 9.68. The Morgan fingerprint density at radius 3 is 2.00 bits per heavy atom. The minimum absolute atomic E-state index is 0.833. The molecule has 0 aliphatic heterocycles. The normalized spacial score (nSPS) is 8.83. The van der Waals surface area contributed by atoms with Gasteiger partial charge >= 0.3 is 5.97 Å². The topological polar surface area (TPSA) is 74.6 Å². The standard InChI is InChI=1S/C6H10O2.C2H4O2/c1-2-3-4-5-6(7)8;1-2(3)4/h4-5H,2-3H2,1H3,(H,7,8);1H3,(H,3,4)/b5-4-;. The molecule has 0 aliphatic carbocycles. The van der Waals surface area contributed by atoms with Crippen molar-refractivity contribution in [1.29, 1.82) is 0 Å². The highest BCUT2D eigenvalue weighted by Gasteiger charge is 1.81. The molecule has 12 heavy (non-hydrogen) atoms. The van der Waals surface area contributed by atoms with Crippen LogP contribution in [0.5, 0.6) is 0 Å². The molecule has 0 rings (SSSR count). The SMILES string of the molecule is CC(=O)O.CCC/C=C\C(=O)O. The lowest BCUT2D eigenvalue weighted by Crippen LogP contribution is -1.84. The van der Waals surface area contributed by atoms with Gasteiger partial charge in [0.1, 0.15) is 0 Å². The second-order valence-electron chi connectivity index (χ2n) is 2.05. The Balaban J connectivity index is 0. The van der Waals surface area contributed by atoms with Crippen LogP contribution in [0.25, 0.3) is 0 Å². The van der Waals surface area contributed by atoms with Crippen LogP contribution in [0.4, 0.5) is 0 Å². The van der Waals surface area contributed by atoms with E-state index in [2.05, 4.69) is 0 Å². The molecule has 2 N–H and O–H groups in total. The molecule has 0 aliphatic rings. The smallest absolute Gasteiger partial charge is 0.327 e. The average molecular weight is 174 g/mol. The van der Waals surface area contributed by atoms with E-state index in [-0.39, 0.29) is 0 Å². The van der Waals surface area contributed by atoms with Gasteiger partial charge < -0.3 is 10.2 Å². The summed E-state index contributed by atoms with van der Waals surface area (Å²) in [5.41, 5.74) is 0. The fourth-order valence-corrected chi connectivity index (χ4v) is 0.351. The van der Waals surface area contributed by atoms with Gasteiger partial charge in [0, 0.05) is 13.0 Å². The van der Waals surface area contributed by atoms with Crippen LogP contribution in [0.2, 0.25) is 0 Å². The predicted octanol–water partition coefficient (Wildman–Crippen LogP) is 1.52. The van der Waals surface area contributed by atoms with Crippen molar-refractivity contribution in [2.75, 3.05) is 0 Å². The van der Waals surface area contributed by atoms with Gasteiger partial charge in [-0.15, -0.1) is 0 Å². The molecule has 70 valence electrons. The molecule has 0 aromatic heterocycles. The van der Waals surface area contributed by atoms with E-state index in [1.54, 1.807) is 6.08 Å². The molecule has 0 saturated carbocycles. The highest BCUT2D eigenvalue weighted by Crippen LogP contribution is 1.86. The van der Waals surface area contributed by atoms with Gasteiger partial charge in [0.15, 0.2) is 0 Å². The van der Waals surface area contributed by atoms with Crippen molar-refractivity contribution in [2.45, 2.75) is 26.7 Å². The lowest BCUT2D eigenvalue weighted by molar-refractivity contribution is -0.134. The number of rotatable bonds is 3. The number of hydrogen-bond acceptors (Lipinski definition) is 2. The van der Waals surface area contributed by atoms with Gasteiger partial charge in [0.2, 0.25) is 0 Å². The molecule has 0 atom stereocenters. The molecule has 0 bridgehead atoms. The molecule has 0 saturated heterocycles. The Hall–Kier alpha value is -1.32. The number of unbranched alkanes of at least 4 members (excludes halogenated alkanes) is 1. The number of aliphatic carboxylic acids is 2. The average Bonchev–Trinajstić information content (AvgIpc) is 1.86. The highest BCUT2D eigenvalue weighted by molar-refractivity contribution is 5.79. The molecule has 0 amide bonds. The van der Waals surface area contributed by atoms with E-state index in [0.717, 1.165) is 19.8 Å². The van der Waals surface area contributed by atoms with Gasteiger partial charge in [-0.1, -0.05) is 19.4 Å². The molecule has 0 unspecified atom stereocenters. The molecule has 4 nitrogen and oxygen atoms in total. The van der Waals surface area contributed by atoms with Crippen molar-refractivity contribution in [3.05, 3.63) is 12.2 Å². The molecule has 0 radical (unpaired) electrons. The van der Waals surface area contributed by atoms with Crippen LogP contribution >= 0.6 is 0 Å². The van der Waals surface area contributed by atoms with Gasteiger partial charge in [-0.3, -0.25) is 4.79 Å². The molecular weight excluding hydrogens is 160 g/mol. The summed E-state index contributed by atoms with van der Waals surface area (Å²) in [5, 5.41) is 15.5. The lowest BCUT2D eigenvalue weighted by Gasteiger charge is -1.79. The first-order chi connectivity index (χ1) is 5.50. The number of hydrogen-bond donors (Lipinski definition) is 2. The molecule has 0 heterocycles. The first kappa shape index (κ1) is 13.3. The van der Waals surface area contributed by atoms with Crippen LogP contribution in [0.15, 0.2) is 12.2 Å². The summed E-state index contributed by atoms with van der Waals surface area (Å²) >= 11 is 0. The van der Waals surface area contributed by atoms with Crippen molar-refractivity contribution >= 4 is 11.9 Å². The van der Waals surface area contributed by atoms with E-state index in [0.29, 0.717) is 0 Å². The molecule has 0 spiro atoms. The van der Waals surface area contributed by atoms with Crippen molar-refractivity contribution in [3.8, 4) is 0 Å². The van der Waals surface area contributed by atoms with E-state index in [1.165, 1.54) is 6.08 Å². The second-order valence-corrected chi connectivity index (χ2v) is 2.05. The molecule has 4 heteroatoms. The summed E-state index contributed by atoms with van der Waals surface area (Å²) in [5.74, 6) is -1.70. The van der Waals surface area contributed by atoms with Gasteiger partial charge in [-0.25, -0.2) is 4.79 Å². The summed E-state index contributed by atoms with van der Waals surface area (Å²) in [6.07, 6.45) is 4.68. The zero-order chi connectivity index (χ0) is 9.98. The Morgan fingerprint density at radius 1 is 1.33 bits per heavy atom. The van der Waals surface area contributed by atoms with Crippen LogP contribution in [-0.2, 0) is 9.59 Å². The van der Waals surface area contributed by atoms with Crippen molar-refractivity contribution < 1.29 is 19.8 Å². The third kappa shape index (κ3) is 37.8. The largest absolute Gasteiger partial charge is 0.481 e. The van der Waals surface area contributed by atoms with Gasteiger partial charge in [-0.2, -0.15) is 0 Å². The van der Waals surface area contributed by atoms with E-state index in [9.17, 15) is 4.79 Å². The van der Waals surface area contributed by atoms with Crippen LogP contribution in [0.1, 0.15) is 26.7 Å². The molecule has 0 aromatic carbocycles. The van der Waals surface area contributed by atoms with E-state index in [1.807, 2.05) is 6.92 Å². The van der Waals surface area contributed by atoms with Crippen molar-refractivity contribution in [3.63, 3.8) is 0 Å². The van der Waals surface area contributed by atoms with E-state index < -0.39 is 11.9 Å². The Morgan fingerprint density at radius 2 is 1.75 bits per heavy atom.